The zero-order valence-corrected chi connectivity index (χ0v) is 17.8. The van der Waals surface area contributed by atoms with E-state index in [0.717, 1.165) is 29.7 Å². The first-order valence-corrected chi connectivity index (χ1v) is 11.9. The van der Waals surface area contributed by atoms with E-state index in [1.54, 1.807) is 30.6 Å². The predicted molar refractivity (Wildman–Crippen MR) is 118 cm³/mol. The Balaban J connectivity index is 1.45. The highest BCUT2D eigenvalue weighted by Crippen LogP contribution is 2.35. The summed E-state index contributed by atoms with van der Waals surface area (Å²) in [7, 11) is -3.74. The SMILES string of the molecule is O=C(c1cccc(S(=O)(=O)N2CCc3ccccc32)c1)N1CCCC1c1cccnc1. The van der Waals surface area contributed by atoms with Crippen molar-refractivity contribution in [3.63, 3.8) is 0 Å². The average molecular weight is 434 g/mol. The molecule has 6 nitrogen and oxygen atoms in total. The van der Waals surface area contributed by atoms with E-state index in [1.165, 1.54) is 10.4 Å². The Morgan fingerprint density at radius 3 is 2.71 bits per heavy atom. The lowest BCUT2D eigenvalue weighted by molar-refractivity contribution is 0.0735. The van der Waals surface area contributed by atoms with Gasteiger partial charge in [0, 0.05) is 31.0 Å². The van der Waals surface area contributed by atoms with Gasteiger partial charge in [0.1, 0.15) is 0 Å². The zero-order chi connectivity index (χ0) is 21.4. The minimum Gasteiger partial charge on any atom is -0.332 e. The van der Waals surface area contributed by atoms with Crippen LogP contribution in [0.5, 0.6) is 0 Å². The molecule has 0 saturated carbocycles. The zero-order valence-electron chi connectivity index (χ0n) is 17.0. The number of carbonyl (C=O) groups is 1. The minimum absolute atomic E-state index is 0.0353. The van der Waals surface area contributed by atoms with Gasteiger partial charge in [-0.3, -0.25) is 14.1 Å². The van der Waals surface area contributed by atoms with E-state index in [0.29, 0.717) is 25.1 Å². The summed E-state index contributed by atoms with van der Waals surface area (Å²) < 4.78 is 28.2. The molecule has 0 spiro atoms. The molecule has 1 atom stereocenters. The summed E-state index contributed by atoms with van der Waals surface area (Å²) in [6.07, 6.45) is 5.99. The highest BCUT2D eigenvalue weighted by atomic mass is 32.2. The summed E-state index contributed by atoms with van der Waals surface area (Å²) >= 11 is 0. The van der Waals surface area contributed by atoms with Crippen molar-refractivity contribution < 1.29 is 13.2 Å². The maximum absolute atomic E-state index is 13.4. The van der Waals surface area contributed by atoms with Crippen LogP contribution in [0.2, 0.25) is 0 Å². The Kier molecular flexibility index (Phi) is 4.98. The number of carbonyl (C=O) groups excluding carboxylic acids is 1. The Hall–Kier alpha value is -3.19. The quantitative estimate of drug-likeness (QED) is 0.627. The molecule has 1 unspecified atom stereocenters. The van der Waals surface area contributed by atoms with E-state index in [1.807, 2.05) is 41.3 Å². The van der Waals surface area contributed by atoms with E-state index in [4.69, 9.17) is 0 Å². The molecule has 2 aliphatic rings. The van der Waals surface area contributed by atoms with Crippen LogP contribution in [0.4, 0.5) is 5.69 Å². The molecule has 0 bridgehead atoms. The lowest BCUT2D eigenvalue weighted by Gasteiger charge is -2.25. The van der Waals surface area contributed by atoms with Crippen LogP contribution < -0.4 is 4.31 Å². The van der Waals surface area contributed by atoms with Crippen LogP contribution in [0, 0.1) is 0 Å². The van der Waals surface area contributed by atoms with Gasteiger partial charge in [-0.1, -0.05) is 30.3 Å². The maximum Gasteiger partial charge on any atom is 0.264 e. The normalized spacial score (nSPS) is 18.3. The van der Waals surface area contributed by atoms with E-state index < -0.39 is 10.0 Å². The van der Waals surface area contributed by atoms with Crippen molar-refractivity contribution in [2.75, 3.05) is 17.4 Å². The van der Waals surface area contributed by atoms with E-state index in [-0.39, 0.29) is 16.8 Å². The molecule has 1 saturated heterocycles. The Morgan fingerprint density at radius 2 is 1.87 bits per heavy atom. The molecular weight excluding hydrogens is 410 g/mol. The number of hydrogen-bond donors (Lipinski definition) is 0. The molecule has 0 radical (unpaired) electrons. The van der Waals surface area contributed by atoms with Crippen molar-refractivity contribution in [2.45, 2.75) is 30.2 Å². The van der Waals surface area contributed by atoms with Crippen LogP contribution in [0.1, 0.15) is 40.4 Å². The minimum atomic E-state index is -3.74. The van der Waals surface area contributed by atoms with Gasteiger partial charge < -0.3 is 4.90 Å². The lowest BCUT2D eigenvalue weighted by atomic mass is 10.1. The molecule has 1 aromatic heterocycles. The second-order valence-electron chi connectivity index (χ2n) is 7.93. The van der Waals surface area contributed by atoms with E-state index in [9.17, 15) is 13.2 Å². The number of pyridine rings is 1. The Morgan fingerprint density at radius 1 is 1.00 bits per heavy atom. The van der Waals surface area contributed by atoms with Crippen molar-refractivity contribution in [1.29, 1.82) is 0 Å². The summed E-state index contributed by atoms with van der Waals surface area (Å²) in [6, 6.07) is 17.8. The standard InChI is InChI=1S/C24H23N3O3S/c28-24(26-14-5-11-22(26)20-8-4-13-25-17-20)19-7-3-9-21(16-19)31(29,30)27-15-12-18-6-1-2-10-23(18)27/h1-4,6-10,13,16-17,22H,5,11-12,14-15H2. The molecule has 2 aliphatic heterocycles. The van der Waals surface area contributed by atoms with Crippen molar-refractivity contribution in [1.82, 2.24) is 9.88 Å². The number of sulfonamides is 1. The van der Waals surface area contributed by atoms with Gasteiger partial charge in [0.05, 0.1) is 16.6 Å². The number of hydrogen-bond acceptors (Lipinski definition) is 4. The molecule has 3 heterocycles. The molecule has 1 fully saturated rings. The summed E-state index contributed by atoms with van der Waals surface area (Å²) in [5.74, 6) is -0.148. The van der Waals surface area contributed by atoms with Crippen LogP contribution in [0.25, 0.3) is 0 Å². The number of likely N-dealkylation sites (tertiary alicyclic amines) is 1. The largest absolute Gasteiger partial charge is 0.332 e. The second-order valence-corrected chi connectivity index (χ2v) is 9.79. The number of amides is 1. The first-order valence-electron chi connectivity index (χ1n) is 10.5. The van der Waals surface area contributed by atoms with Gasteiger partial charge in [0.25, 0.3) is 15.9 Å². The van der Waals surface area contributed by atoms with Crippen LogP contribution in [-0.2, 0) is 16.4 Å². The summed E-state index contributed by atoms with van der Waals surface area (Å²) in [4.78, 5) is 19.5. The number of benzene rings is 2. The fraction of sp³-hybridized carbons (Fsp3) is 0.250. The van der Waals surface area contributed by atoms with Gasteiger partial charge in [-0.15, -0.1) is 0 Å². The van der Waals surface area contributed by atoms with Crippen molar-refractivity contribution in [2.24, 2.45) is 0 Å². The first kappa shape index (κ1) is 19.8. The number of fused-ring (bicyclic) bond motifs is 1. The molecule has 31 heavy (non-hydrogen) atoms. The molecule has 0 aliphatic carbocycles. The molecule has 2 aromatic carbocycles. The highest BCUT2D eigenvalue weighted by Gasteiger charge is 2.33. The summed E-state index contributed by atoms with van der Waals surface area (Å²) in [5.41, 5.74) is 3.14. The first-order chi connectivity index (χ1) is 15.1. The number of aromatic nitrogens is 1. The number of rotatable bonds is 4. The molecular formula is C24H23N3O3S. The summed E-state index contributed by atoms with van der Waals surface area (Å²) in [6.45, 7) is 1.06. The van der Waals surface area contributed by atoms with Gasteiger partial charge in [0.15, 0.2) is 0 Å². The highest BCUT2D eigenvalue weighted by molar-refractivity contribution is 7.92. The molecule has 1 amide bonds. The molecule has 158 valence electrons. The number of para-hydroxylation sites is 1. The number of nitrogens with zero attached hydrogens (tertiary/aromatic N) is 3. The van der Waals surface area contributed by atoms with E-state index in [2.05, 4.69) is 4.98 Å². The maximum atomic E-state index is 13.4. The van der Waals surface area contributed by atoms with Gasteiger partial charge >= 0.3 is 0 Å². The third-order valence-corrected chi connectivity index (χ3v) is 7.91. The fourth-order valence-electron chi connectivity index (χ4n) is 4.57. The summed E-state index contributed by atoms with van der Waals surface area (Å²) in [5, 5.41) is 0. The van der Waals surface area contributed by atoms with Crippen molar-refractivity contribution >= 4 is 21.6 Å². The monoisotopic (exact) mass is 433 g/mol. The third-order valence-electron chi connectivity index (χ3n) is 6.10. The predicted octanol–water partition coefficient (Wildman–Crippen LogP) is 3.81. The third kappa shape index (κ3) is 3.49. The second kappa shape index (κ2) is 7.81. The van der Waals surface area contributed by atoms with Crippen LogP contribution in [-0.4, -0.2) is 37.3 Å². The lowest BCUT2D eigenvalue weighted by Crippen LogP contribution is -2.31. The van der Waals surface area contributed by atoms with Crippen molar-refractivity contribution in [3.8, 4) is 0 Å². The smallest absolute Gasteiger partial charge is 0.264 e. The molecule has 3 aromatic rings. The average Bonchev–Trinajstić information content (AvgIpc) is 3.47. The van der Waals surface area contributed by atoms with Crippen molar-refractivity contribution in [3.05, 3.63) is 89.7 Å². The molecule has 0 N–H and O–H groups in total. The fourth-order valence-corrected chi connectivity index (χ4v) is 6.12. The van der Waals surface area contributed by atoms with E-state index >= 15 is 0 Å². The topological polar surface area (TPSA) is 70.6 Å². The Bertz CT molecular complexity index is 1230. The number of anilines is 1. The van der Waals surface area contributed by atoms with Gasteiger partial charge in [0.2, 0.25) is 0 Å². The van der Waals surface area contributed by atoms with Crippen LogP contribution in [0.3, 0.4) is 0 Å². The van der Waals surface area contributed by atoms with Crippen LogP contribution in [0.15, 0.2) is 78.0 Å². The van der Waals surface area contributed by atoms with Gasteiger partial charge in [-0.25, -0.2) is 8.42 Å². The van der Waals surface area contributed by atoms with Gasteiger partial charge in [-0.2, -0.15) is 0 Å². The Labute approximate surface area is 182 Å². The van der Waals surface area contributed by atoms with Gasteiger partial charge in [-0.05, 0) is 60.7 Å². The molecule has 7 heteroatoms. The molecule has 5 rings (SSSR count). The van der Waals surface area contributed by atoms with Crippen LogP contribution >= 0.6 is 0 Å².